The van der Waals surface area contributed by atoms with Gasteiger partial charge in [-0.2, -0.15) is 0 Å². The van der Waals surface area contributed by atoms with Gasteiger partial charge in [0.1, 0.15) is 0 Å². The van der Waals surface area contributed by atoms with Crippen molar-refractivity contribution >= 4 is 29.9 Å². The lowest BCUT2D eigenvalue weighted by Crippen LogP contribution is -2.31. The van der Waals surface area contributed by atoms with Crippen LogP contribution in [-0.4, -0.2) is 50.4 Å². The van der Waals surface area contributed by atoms with E-state index in [1.807, 2.05) is 42.3 Å². The maximum atomic E-state index is 12.8. The number of carbonyl (C=O) groups is 2. The molecule has 1 saturated heterocycles. The third-order valence-electron chi connectivity index (χ3n) is 4.87. The van der Waals surface area contributed by atoms with Gasteiger partial charge >= 0.3 is 0 Å². The van der Waals surface area contributed by atoms with Crippen LogP contribution in [0.1, 0.15) is 27.1 Å². The van der Waals surface area contributed by atoms with Crippen molar-refractivity contribution < 1.29 is 9.59 Å². The molecule has 2 amide bonds. The molecule has 2 aromatic carbocycles. The number of likely N-dealkylation sites (tertiary alicyclic amines) is 1. The van der Waals surface area contributed by atoms with Gasteiger partial charge < -0.3 is 15.1 Å². The molecule has 144 valence electrons. The topological polar surface area (TPSA) is 52.7 Å². The van der Waals surface area contributed by atoms with E-state index in [2.05, 4.69) is 5.32 Å². The zero-order valence-corrected chi connectivity index (χ0v) is 16.5. The minimum Gasteiger partial charge on any atom is -0.338 e. The Kier molecular flexibility index (Phi) is 7.39. The van der Waals surface area contributed by atoms with E-state index < -0.39 is 0 Å². The largest absolute Gasteiger partial charge is 0.338 e. The van der Waals surface area contributed by atoms with Crippen LogP contribution in [0, 0.1) is 5.92 Å². The first-order valence-electron chi connectivity index (χ1n) is 8.97. The number of anilines is 1. The number of para-hydroxylation sites is 1. The summed E-state index contributed by atoms with van der Waals surface area (Å²) in [5.74, 6) is 0.374. The molecule has 1 aliphatic rings. The summed E-state index contributed by atoms with van der Waals surface area (Å²) in [7, 11) is 3.68. The molecule has 1 atom stereocenters. The van der Waals surface area contributed by atoms with E-state index in [0.29, 0.717) is 17.0 Å². The van der Waals surface area contributed by atoms with E-state index >= 15 is 0 Å². The van der Waals surface area contributed by atoms with Crippen molar-refractivity contribution in [2.45, 2.75) is 6.42 Å². The van der Waals surface area contributed by atoms with E-state index in [4.69, 9.17) is 0 Å². The number of carbonyl (C=O) groups excluding carboxylic acids is 2. The van der Waals surface area contributed by atoms with Crippen molar-refractivity contribution in [2.24, 2.45) is 5.92 Å². The number of amides is 2. The van der Waals surface area contributed by atoms with Gasteiger partial charge in [0.2, 0.25) is 0 Å². The van der Waals surface area contributed by atoms with Crippen molar-refractivity contribution in [1.29, 1.82) is 0 Å². The van der Waals surface area contributed by atoms with Gasteiger partial charge in [0.15, 0.2) is 0 Å². The van der Waals surface area contributed by atoms with Gasteiger partial charge in [0, 0.05) is 37.0 Å². The Morgan fingerprint density at radius 1 is 1.11 bits per heavy atom. The van der Waals surface area contributed by atoms with Gasteiger partial charge in [-0.1, -0.05) is 24.3 Å². The summed E-state index contributed by atoms with van der Waals surface area (Å²) < 4.78 is 0. The van der Waals surface area contributed by atoms with Gasteiger partial charge in [-0.05, 0) is 56.3 Å². The number of rotatable bonds is 5. The van der Waals surface area contributed by atoms with Crippen LogP contribution in [0.25, 0.3) is 0 Å². The number of halogens is 1. The molecule has 1 heterocycles. The maximum Gasteiger partial charge on any atom is 0.258 e. The molecular weight excluding hydrogens is 362 g/mol. The number of hydrogen-bond donors (Lipinski definition) is 1. The number of benzene rings is 2. The summed E-state index contributed by atoms with van der Waals surface area (Å²) in [4.78, 5) is 29.0. The molecule has 0 saturated carbocycles. The lowest BCUT2D eigenvalue weighted by molar-refractivity contribution is 0.0787. The van der Waals surface area contributed by atoms with Crippen LogP contribution in [0.3, 0.4) is 0 Å². The number of nitrogens with zero attached hydrogens (tertiary/aromatic N) is 2. The molecule has 6 heteroatoms. The summed E-state index contributed by atoms with van der Waals surface area (Å²) in [6, 6.07) is 16.5. The second-order valence-electron chi connectivity index (χ2n) is 6.74. The minimum absolute atomic E-state index is 0. The Balaban J connectivity index is 0.00000261. The third kappa shape index (κ3) is 4.87. The van der Waals surface area contributed by atoms with Crippen molar-refractivity contribution in [2.75, 3.05) is 38.6 Å². The predicted octanol–water partition coefficient (Wildman–Crippen LogP) is 3.07. The third-order valence-corrected chi connectivity index (χ3v) is 4.87. The zero-order valence-electron chi connectivity index (χ0n) is 15.7. The Bertz CT molecular complexity index is 782. The fourth-order valence-electron chi connectivity index (χ4n) is 3.40. The van der Waals surface area contributed by atoms with Crippen LogP contribution in [0.5, 0.6) is 0 Å². The highest BCUT2D eigenvalue weighted by atomic mass is 35.5. The summed E-state index contributed by atoms with van der Waals surface area (Å²) in [6.07, 6.45) is 1.02. The highest BCUT2D eigenvalue weighted by Crippen LogP contribution is 2.20. The summed E-state index contributed by atoms with van der Waals surface area (Å²) >= 11 is 0. The molecule has 1 aliphatic heterocycles. The first-order valence-corrected chi connectivity index (χ1v) is 8.97. The summed E-state index contributed by atoms with van der Waals surface area (Å²) in [5.41, 5.74) is 1.92. The van der Waals surface area contributed by atoms with E-state index in [-0.39, 0.29) is 24.2 Å². The standard InChI is InChI=1S/C21H25N3O2.ClH/c1-22-14-16-11-12-24(15-16)21(26)18-8-6-7-17(13-18)20(25)23(2)19-9-4-3-5-10-19;/h3-10,13,16,22H,11-12,14-15H2,1-2H3;1H. The Hall–Kier alpha value is -2.37. The lowest BCUT2D eigenvalue weighted by atomic mass is 10.1. The second-order valence-corrected chi connectivity index (χ2v) is 6.74. The van der Waals surface area contributed by atoms with Crippen LogP contribution in [0.2, 0.25) is 0 Å². The van der Waals surface area contributed by atoms with E-state index in [9.17, 15) is 9.59 Å². The zero-order chi connectivity index (χ0) is 18.5. The van der Waals surface area contributed by atoms with Crippen LogP contribution in [-0.2, 0) is 0 Å². The maximum absolute atomic E-state index is 12.8. The van der Waals surface area contributed by atoms with Crippen molar-refractivity contribution in [3.8, 4) is 0 Å². The quantitative estimate of drug-likeness (QED) is 0.857. The normalized spacial score (nSPS) is 15.9. The lowest BCUT2D eigenvalue weighted by Gasteiger charge is -2.19. The summed E-state index contributed by atoms with van der Waals surface area (Å²) in [6.45, 7) is 2.46. The predicted molar refractivity (Wildman–Crippen MR) is 111 cm³/mol. The highest BCUT2D eigenvalue weighted by Gasteiger charge is 2.27. The van der Waals surface area contributed by atoms with E-state index in [1.54, 1.807) is 36.2 Å². The van der Waals surface area contributed by atoms with Gasteiger partial charge in [0.25, 0.3) is 11.8 Å². The molecule has 2 aromatic rings. The fraction of sp³-hybridized carbons (Fsp3) is 0.333. The van der Waals surface area contributed by atoms with E-state index in [0.717, 1.165) is 31.7 Å². The smallest absolute Gasteiger partial charge is 0.258 e. The Morgan fingerprint density at radius 3 is 2.52 bits per heavy atom. The molecule has 0 radical (unpaired) electrons. The highest BCUT2D eigenvalue weighted by molar-refractivity contribution is 6.07. The Labute approximate surface area is 166 Å². The molecular formula is C21H26ClN3O2. The molecule has 1 unspecified atom stereocenters. The van der Waals surface area contributed by atoms with Gasteiger partial charge in [-0.25, -0.2) is 0 Å². The van der Waals surface area contributed by atoms with Crippen molar-refractivity contribution in [1.82, 2.24) is 10.2 Å². The first-order chi connectivity index (χ1) is 12.6. The van der Waals surface area contributed by atoms with Gasteiger partial charge in [0.05, 0.1) is 0 Å². The molecule has 1 fully saturated rings. The molecule has 1 N–H and O–H groups in total. The van der Waals surface area contributed by atoms with Crippen LogP contribution < -0.4 is 10.2 Å². The second kappa shape index (κ2) is 9.53. The average molecular weight is 388 g/mol. The van der Waals surface area contributed by atoms with Crippen LogP contribution in [0.15, 0.2) is 54.6 Å². The monoisotopic (exact) mass is 387 g/mol. The molecule has 27 heavy (non-hydrogen) atoms. The van der Waals surface area contributed by atoms with Crippen molar-refractivity contribution in [3.63, 3.8) is 0 Å². The first kappa shape index (κ1) is 20.9. The number of hydrogen-bond acceptors (Lipinski definition) is 3. The number of nitrogens with one attached hydrogen (secondary N) is 1. The average Bonchev–Trinajstić information content (AvgIpc) is 3.16. The minimum atomic E-state index is -0.125. The van der Waals surface area contributed by atoms with E-state index in [1.165, 1.54) is 0 Å². The van der Waals surface area contributed by atoms with Crippen LogP contribution in [0.4, 0.5) is 5.69 Å². The molecule has 3 rings (SSSR count). The fourth-order valence-corrected chi connectivity index (χ4v) is 3.40. The molecule has 5 nitrogen and oxygen atoms in total. The molecule has 0 bridgehead atoms. The molecule has 0 aliphatic carbocycles. The van der Waals surface area contributed by atoms with Crippen LogP contribution >= 0.6 is 12.4 Å². The molecule has 0 aromatic heterocycles. The SMILES string of the molecule is CNCC1CCN(C(=O)c2cccc(C(=O)N(C)c3ccccc3)c2)C1.Cl. The van der Waals surface area contributed by atoms with Gasteiger partial charge in [-0.15, -0.1) is 12.4 Å². The molecule has 0 spiro atoms. The van der Waals surface area contributed by atoms with Gasteiger partial charge in [-0.3, -0.25) is 9.59 Å². The van der Waals surface area contributed by atoms with Crippen molar-refractivity contribution in [3.05, 3.63) is 65.7 Å². The Morgan fingerprint density at radius 2 is 1.81 bits per heavy atom. The summed E-state index contributed by atoms with van der Waals surface area (Å²) in [5, 5.41) is 3.17.